The number of cyclic esters (lactones) is 1. The van der Waals surface area contributed by atoms with E-state index in [0.29, 0.717) is 0 Å². The Hall–Kier alpha value is -0.830. The first-order chi connectivity index (χ1) is 7.76. The minimum Gasteiger partial charge on any atom is -0.459 e. The number of hydrogen-bond donors (Lipinski definition) is 0. The van der Waals surface area contributed by atoms with Gasteiger partial charge >= 0.3 is 5.97 Å². The topological polar surface area (TPSA) is 35.5 Å². The lowest BCUT2D eigenvalue weighted by atomic mass is 9.88. The van der Waals surface area contributed by atoms with E-state index >= 15 is 0 Å². The standard InChI is InChI=1S/C14H24O3/c1-9(7-8-14(3,4)5)11-10(2)12(16-6)13(15)17-11/h7-12H,1-6H3/b8-7+/t9-,10-,11+,12-/m1/s1. The quantitative estimate of drug-likeness (QED) is 0.562. The molecule has 1 saturated heterocycles. The Kier molecular flexibility index (Phi) is 4.36. The van der Waals surface area contributed by atoms with Crippen LogP contribution in [0.3, 0.4) is 0 Å². The minimum atomic E-state index is -0.412. The number of ether oxygens (including phenoxy) is 2. The highest BCUT2D eigenvalue weighted by molar-refractivity contribution is 5.77. The lowest BCUT2D eigenvalue weighted by Crippen LogP contribution is -2.27. The van der Waals surface area contributed by atoms with E-state index in [1.165, 1.54) is 0 Å². The van der Waals surface area contributed by atoms with Crippen LogP contribution in [-0.2, 0) is 14.3 Å². The summed E-state index contributed by atoms with van der Waals surface area (Å²) in [6.45, 7) is 10.5. The number of allylic oxidation sites excluding steroid dienone is 1. The first-order valence-corrected chi connectivity index (χ1v) is 6.19. The van der Waals surface area contributed by atoms with Gasteiger partial charge in [0.25, 0.3) is 0 Å². The van der Waals surface area contributed by atoms with Gasteiger partial charge in [-0.15, -0.1) is 0 Å². The maximum atomic E-state index is 11.6. The molecule has 98 valence electrons. The molecule has 0 saturated carbocycles. The highest BCUT2D eigenvalue weighted by Gasteiger charge is 2.43. The highest BCUT2D eigenvalue weighted by Crippen LogP contribution is 2.31. The monoisotopic (exact) mass is 240 g/mol. The van der Waals surface area contributed by atoms with Crippen LogP contribution in [0.4, 0.5) is 0 Å². The Labute approximate surface area is 104 Å². The van der Waals surface area contributed by atoms with Gasteiger partial charge in [0.15, 0.2) is 6.10 Å². The van der Waals surface area contributed by atoms with Crippen LogP contribution in [0.1, 0.15) is 34.6 Å². The fraction of sp³-hybridized carbons (Fsp3) is 0.786. The largest absolute Gasteiger partial charge is 0.459 e. The smallest absolute Gasteiger partial charge is 0.335 e. The van der Waals surface area contributed by atoms with Crippen molar-refractivity contribution in [3.63, 3.8) is 0 Å². The molecule has 3 nitrogen and oxygen atoms in total. The number of esters is 1. The van der Waals surface area contributed by atoms with Gasteiger partial charge in [0.1, 0.15) is 6.10 Å². The third-order valence-corrected chi connectivity index (χ3v) is 3.15. The van der Waals surface area contributed by atoms with Gasteiger partial charge in [-0.2, -0.15) is 0 Å². The molecule has 0 spiro atoms. The van der Waals surface area contributed by atoms with Gasteiger partial charge in [-0.1, -0.05) is 46.8 Å². The van der Waals surface area contributed by atoms with Crippen molar-refractivity contribution in [3.05, 3.63) is 12.2 Å². The number of rotatable bonds is 3. The summed E-state index contributed by atoms with van der Waals surface area (Å²) >= 11 is 0. The molecule has 0 N–H and O–H groups in total. The summed E-state index contributed by atoms with van der Waals surface area (Å²) in [5.41, 5.74) is 0.154. The summed E-state index contributed by atoms with van der Waals surface area (Å²) in [5, 5.41) is 0. The summed E-state index contributed by atoms with van der Waals surface area (Å²) < 4.78 is 10.6. The van der Waals surface area contributed by atoms with Crippen molar-refractivity contribution in [2.75, 3.05) is 7.11 Å². The maximum absolute atomic E-state index is 11.6. The lowest BCUT2D eigenvalue weighted by Gasteiger charge is -2.21. The second-order valence-electron chi connectivity index (χ2n) is 6.00. The molecule has 0 aromatic heterocycles. The van der Waals surface area contributed by atoms with E-state index in [0.717, 1.165) is 0 Å². The molecule has 4 atom stereocenters. The van der Waals surface area contributed by atoms with E-state index < -0.39 is 6.10 Å². The number of carbonyl (C=O) groups excluding carboxylic acids is 1. The molecule has 0 aromatic rings. The van der Waals surface area contributed by atoms with Crippen LogP contribution in [0, 0.1) is 17.3 Å². The molecule has 0 radical (unpaired) electrons. The van der Waals surface area contributed by atoms with Crippen LogP contribution in [-0.4, -0.2) is 25.3 Å². The summed E-state index contributed by atoms with van der Waals surface area (Å²) in [7, 11) is 1.56. The number of hydrogen-bond acceptors (Lipinski definition) is 3. The normalized spacial score (nSPS) is 31.9. The Morgan fingerprint density at radius 2 is 2.00 bits per heavy atom. The molecule has 1 rings (SSSR count). The van der Waals surface area contributed by atoms with Gasteiger partial charge in [0.2, 0.25) is 0 Å². The summed E-state index contributed by atoms with van der Waals surface area (Å²) in [5.74, 6) is 0.0847. The molecule has 1 aliphatic heterocycles. The Balaban J connectivity index is 2.69. The molecular formula is C14H24O3. The van der Waals surface area contributed by atoms with E-state index in [1.54, 1.807) is 7.11 Å². The molecule has 0 aliphatic carbocycles. The van der Waals surface area contributed by atoms with Crippen molar-refractivity contribution in [1.82, 2.24) is 0 Å². The summed E-state index contributed by atoms with van der Waals surface area (Å²) in [4.78, 5) is 11.6. The van der Waals surface area contributed by atoms with Crippen LogP contribution in [0.5, 0.6) is 0 Å². The maximum Gasteiger partial charge on any atom is 0.335 e. The first-order valence-electron chi connectivity index (χ1n) is 6.19. The highest BCUT2D eigenvalue weighted by atomic mass is 16.6. The zero-order valence-electron chi connectivity index (χ0n) is 11.7. The lowest BCUT2D eigenvalue weighted by molar-refractivity contribution is -0.149. The molecule has 0 aromatic carbocycles. The SMILES string of the molecule is CO[C@H]1C(=O)O[C@@H]([C@H](C)/C=C/C(C)(C)C)[C@H]1C. The van der Waals surface area contributed by atoms with Crippen molar-refractivity contribution in [2.45, 2.75) is 46.8 Å². The van der Waals surface area contributed by atoms with Crippen LogP contribution < -0.4 is 0 Å². The van der Waals surface area contributed by atoms with Crippen LogP contribution in [0.15, 0.2) is 12.2 Å². The average molecular weight is 240 g/mol. The molecule has 0 bridgehead atoms. The van der Waals surface area contributed by atoms with Gasteiger partial charge in [-0.3, -0.25) is 0 Å². The minimum absolute atomic E-state index is 0.0777. The molecule has 1 fully saturated rings. The molecule has 17 heavy (non-hydrogen) atoms. The molecule has 3 heteroatoms. The Morgan fingerprint density at radius 1 is 1.41 bits per heavy atom. The zero-order chi connectivity index (χ0) is 13.2. The summed E-state index contributed by atoms with van der Waals surface area (Å²) in [6.07, 6.45) is 3.81. The van der Waals surface area contributed by atoms with E-state index in [2.05, 4.69) is 39.8 Å². The van der Waals surface area contributed by atoms with Crippen LogP contribution in [0.2, 0.25) is 0 Å². The van der Waals surface area contributed by atoms with Gasteiger partial charge in [0.05, 0.1) is 0 Å². The summed E-state index contributed by atoms with van der Waals surface area (Å²) in [6, 6.07) is 0. The number of carbonyl (C=O) groups is 1. The van der Waals surface area contributed by atoms with E-state index in [9.17, 15) is 4.79 Å². The average Bonchev–Trinajstić information content (AvgIpc) is 2.49. The third-order valence-electron chi connectivity index (χ3n) is 3.15. The first kappa shape index (κ1) is 14.2. The Morgan fingerprint density at radius 3 is 2.41 bits per heavy atom. The Bertz CT molecular complexity index is 301. The van der Waals surface area contributed by atoms with Crippen LogP contribution in [0.25, 0.3) is 0 Å². The fourth-order valence-corrected chi connectivity index (χ4v) is 2.14. The predicted octanol–water partition coefficient (Wildman–Crippen LogP) is 2.80. The van der Waals surface area contributed by atoms with Crippen molar-refractivity contribution in [1.29, 1.82) is 0 Å². The van der Waals surface area contributed by atoms with Crippen molar-refractivity contribution in [2.24, 2.45) is 17.3 Å². The molecule has 0 unspecified atom stereocenters. The van der Waals surface area contributed by atoms with E-state index in [-0.39, 0.29) is 29.3 Å². The third kappa shape index (κ3) is 3.56. The second kappa shape index (κ2) is 5.21. The van der Waals surface area contributed by atoms with Crippen molar-refractivity contribution < 1.29 is 14.3 Å². The van der Waals surface area contributed by atoms with Crippen molar-refractivity contribution >= 4 is 5.97 Å². The molecule has 0 amide bonds. The zero-order valence-corrected chi connectivity index (χ0v) is 11.7. The molecule has 1 heterocycles. The van der Waals surface area contributed by atoms with Gasteiger partial charge in [0, 0.05) is 18.9 Å². The number of methoxy groups -OCH3 is 1. The van der Waals surface area contributed by atoms with Crippen LogP contribution >= 0.6 is 0 Å². The molecule has 1 aliphatic rings. The predicted molar refractivity (Wildman–Crippen MR) is 67.6 cm³/mol. The van der Waals surface area contributed by atoms with Crippen molar-refractivity contribution in [3.8, 4) is 0 Å². The van der Waals surface area contributed by atoms with E-state index in [1.807, 2.05) is 6.92 Å². The van der Waals surface area contributed by atoms with Gasteiger partial charge in [-0.05, 0) is 5.41 Å². The molecular weight excluding hydrogens is 216 g/mol. The van der Waals surface area contributed by atoms with Gasteiger partial charge in [-0.25, -0.2) is 4.79 Å². The fourth-order valence-electron chi connectivity index (χ4n) is 2.14. The van der Waals surface area contributed by atoms with E-state index in [4.69, 9.17) is 9.47 Å². The van der Waals surface area contributed by atoms with Gasteiger partial charge < -0.3 is 9.47 Å². The second-order valence-corrected chi connectivity index (χ2v) is 6.00.